The van der Waals surface area contributed by atoms with Gasteiger partial charge in [-0.3, -0.25) is 15.0 Å². The average Bonchev–Trinajstić information content (AvgIpc) is 3.35. The third kappa shape index (κ3) is 4.30. The van der Waals surface area contributed by atoms with Gasteiger partial charge in [-0.15, -0.1) is 0 Å². The van der Waals surface area contributed by atoms with Gasteiger partial charge >= 0.3 is 0 Å². The van der Waals surface area contributed by atoms with Gasteiger partial charge < -0.3 is 15.1 Å². The van der Waals surface area contributed by atoms with Crippen LogP contribution in [0.3, 0.4) is 0 Å². The van der Waals surface area contributed by atoms with Gasteiger partial charge in [0, 0.05) is 11.1 Å². The molecule has 1 atom stereocenters. The van der Waals surface area contributed by atoms with Crippen LogP contribution in [0.1, 0.15) is 17.4 Å². The number of hydrogen-bond acceptors (Lipinski definition) is 7. The molecule has 3 heterocycles. The molecule has 148 valence electrons. The number of carbonyl (C=O) groups excluding carboxylic acids is 1. The van der Waals surface area contributed by atoms with E-state index in [1.165, 1.54) is 11.1 Å². The number of amides is 1. The van der Waals surface area contributed by atoms with E-state index in [-0.39, 0.29) is 28.2 Å². The van der Waals surface area contributed by atoms with Gasteiger partial charge in [0.15, 0.2) is 5.16 Å². The van der Waals surface area contributed by atoms with E-state index in [1.54, 1.807) is 30.5 Å². The van der Waals surface area contributed by atoms with Crippen molar-refractivity contribution in [1.29, 1.82) is 0 Å². The van der Waals surface area contributed by atoms with Gasteiger partial charge in [0.2, 0.25) is 0 Å². The molecule has 3 aromatic rings. The highest BCUT2D eigenvalue weighted by molar-refractivity contribution is 7.99. The lowest BCUT2D eigenvalue weighted by Crippen LogP contribution is -2.40. The Morgan fingerprint density at radius 2 is 2.10 bits per heavy atom. The maximum Gasteiger partial charge on any atom is 0.253 e. The summed E-state index contributed by atoms with van der Waals surface area (Å²) in [7, 11) is 0. The van der Waals surface area contributed by atoms with Crippen LogP contribution in [-0.4, -0.2) is 26.6 Å². The Bertz CT molecular complexity index is 1110. The summed E-state index contributed by atoms with van der Waals surface area (Å²) < 4.78 is 5.51. The zero-order valence-corrected chi connectivity index (χ0v) is 16.5. The van der Waals surface area contributed by atoms with Crippen molar-refractivity contribution in [3.8, 4) is 0 Å². The molecule has 1 amide bonds. The number of nitrogen functional groups attached to an aromatic ring is 1. The number of H-pyrrole nitrogens is 1. The molecule has 0 fully saturated rings. The third-order valence-corrected chi connectivity index (χ3v) is 5.28. The van der Waals surface area contributed by atoms with Crippen molar-refractivity contribution in [3.05, 3.63) is 81.5 Å². The minimum absolute atomic E-state index is 0.0400. The molecule has 0 aliphatic carbocycles. The molecule has 1 aliphatic rings. The maximum absolute atomic E-state index is 12.9. The van der Waals surface area contributed by atoms with Gasteiger partial charge in [-0.05, 0) is 35.9 Å². The lowest BCUT2D eigenvalue weighted by molar-refractivity contribution is -0.131. The van der Waals surface area contributed by atoms with Crippen LogP contribution in [0.15, 0.2) is 69.2 Å². The Morgan fingerprint density at radius 3 is 2.79 bits per heavy atom. The number of aromatic nitrogens is 2. The Hall–Kier alpha value is -3.17. The fraction of sp³-hybridized carbons (Fsp3) is 0.105. The van der Waals surface area contributed by atoms with Crippen LogP contribution in [0, 0.1) is 0 Å². The lowest BCUT2D eigenvalue weighted by Gasteiger charge is -2.23. The van der Waals surface area contributed by atoms with Crippen LogP contribution < -0.4 is 16.7 Å². The average molecular weight is 430 g/mol. The first-order chi connectivity index (χ1) is 14.0. The molecule has 4 rings (SSSR count). The third-order valence-electron chi connectivity index (χ3n) is 4.17. The second kappa shape index (κ2) is 8.06. The highest BCUT2D eigenvalue weighted by atomic mass is 35.5. The number of nitrogens with zero attached hydrogens (tertiary/aromatic N) is 2. The number of hydrogen-bond donors (Lipinski definition) is 3. The van der Waals surface area contributed by atoms with Gasteiger partial charge in [-0.1, -0.05) is 35.5 Å². The molecule has 0 unspecified atom stereocenters. The number of furan rings is 1. The normalized spacial score (nSPS) is 15.8. The number of aromatic amines is 1. The highest BCUT2D eigenvalue weighted by Gasteiger charge is 2.32. The topological polar surface area (TPSA) is 117 Å². The van der Waals surface area contributed by atoms with E-state index < -0.39 is 6.04 Å². The summed E-state index contributed by atoms with van der Waals surface area (Å²) in [5, 5.41) is 2.39. The van der Waals surface area contributed by atoms with Crippen molar-refractivity contribution >= 4 is 40.8 Å². The molecule has 0 spiro atoms. The highest BCUT2D eigenvalue weighted by Crippen LogP contribution is 2.32. The van der Waals surface area contributed by atoms with E-state index in [2.05, 4.69) is 15.4 Å². The number of thioether (sulfide) groups is 1. The summed E-state index contributed by atoms with van der Waals surface area (Å²) in [6.07, 6.45) is 3.47. The van der Waals surface area contributed by atoms with Gasteiger partial charge in [0.25, 0.3) is 11.5 Å². The number of halogens is 1. The Kier molecular flexibility index (Phi) is 5.32. The Balaban J connectivity index is 1.54. The number of benzene rings is 1. The quantitative estimate of drug-likeness (QED) is 0.421. The smallest absolute Gasteiger partial charge is 0.253 e. The first kappa shape index (κ1) is 19.2. The van der Waals surface area contributed by atoms with Gasteiger partial charge in [-0.2, -0.15) is 0 Å². The van der Waals surface area contributed by atoms with Crippen LogP contribution in [0.2, 0.25) is 5.02 Å². The molecule has 8 nitrogen and oxygen atoms in total. The van der Waals surface area contributed by atoms with Crippen molar-refractivity contribution in [1.82, 2.24) is 20.4 Å². The summed E-state index contributed by atoms with van der Waals surface area (Å²) in [5.74, 6) is 0.540. The molecule has 0 bridgehead atoms. The minimum Gasteiger partial charge on any atom is -0.467 e. The number of nitrogens with one attached hydrogen (secondary N) is 2. The molecule has 2 aromatic heterocycles. The largest absolute Gasteiger partial charge is 0.467 e. The molecule has 4 N–H and O–H groups in total. The first-order valence-electron chi connectivity index (χ1n) is 8.59. The molecule has 1 aliphatic heterocycles. The van der Waals surface area contributed by atoms with E-state index in [0.29, 0.717) is 10.8 Å². The minimum atomic E-state index is -0.420. The standard InChI is InChI=1S/C19H16ClN5O3S/c20-12-5-3-11(4-6-12)13-8-14(15-2-1-7-28-15)25(24-13)18(27)10-29-19-22-16(21)9-17(26)23-19/h1-9,14,24H,10H2,(H3,21,22,23,26)/t14-/m1/s1. The Morgan fingerprint density at radius 1 is 1.31 bits per heavy atom. The van der Waals surface area contributed by atoms with Crippen molar-refractivity contribution in [2.24, 2.45) is 0 Å². The second-order valence-corrected chi connectivity index (χ2v) is 7.59. The molecular formula is C19H16ClN5O3S. The molecule has 0 saturated heterocycles. The lowest BCUT2D eigenvalue weighted by atomic mass is 10.1. The van der Waals surface area contributed by atoms with Crippen LogP contribution >= 0.6 is 23.4 Å². The first-order valence-corrected chi connectivity index (χ1v) is 9.95. The van der Waals surface area contributed by atoms with Crippen LogP contribution in [0.5, 0.6) is 0 Å². The number of hydrazine groups is 1. The van der Waals surface area contributed by atoms with Gasteiger partial charge in [0.1, 0.15) is 17.6 Å². The Labute approximate surface area is 174 Å². The van der Waals surface area contributed by atoms with Crippen molar-refractivity contribution in [2.75, 3.05) is 11.5 Å². The van der Waals surface area contributed by atoms with Crippen molar-refractivity contribution in [2.45, 2.75) is 11.2 Å². The van der Waals surface area contributed by atoms with Crippen molar-refractivity contribution < 1.29 is 9.21 Å². The van der Waals surface area contributed by atoms with E-state index in [0.717, 1.165) is 23.0 Å². The molecular weight excluding hydrogens is 414 g/mol. The summed E-state index contributed by atoms with van der Waals surface area (Å²) in [6, 6.07) is 11.6. The van der Waals surface area contributed by atoms with E-state index >= 15 is 0 Å². The predicted octanol–water partition coefficient (Wildman–Crippen LogP) is 2.82. The fourth-order valence-corrected chi connectivity index (χ4v) is 3.73. The predicted molar refractivity (Wildman–Crippen MR) is 111 cm³/mol. The van der Waals surface area contributed by atoms with Crippen LogP contribution in [0.25, 0.3) is 5.70 Å². The fourth-order valence-electron chi connectivity index (χ4n) is 2.87. The number of rotatable bonds is 5. The molecule has 10 heteroatoms. The molecule has 29 heavy (non-hydrogen) atoms. The molecule has 0 saturated carbocycles. The summed E-state index contributed by atoms with van der Waals surface area (Å²) in [6.45, 7) is 0. The number of anilines is 1. The van der Waals surface area contributed by atoms with Gasteiger partial charge in [0.05, 0.1) is 17.7 Å². The SMILES string of the molecule is Nc1cc(=O)[nH]c(SCC(=O)N2NC(c3ccc(Cl)cc3)=C[C@@H]2c2ccco2)n1. The summed E-state index contributed by atoms with van der Waals surface area (Å²) >= 11 is 7.06. The van der Waals surface area contributed by atoms with Crippen LogP contribution in [-0.2, 0) is 4.79 Å². The maximum atomic E-state index is 12.9. The van der Waals surface area contributed by atoms with Crippen LogP contribution in [0.4, 0.5) is 5.82 Å². The molecule has 0 radical (unpaired) electrons. The summed E-state index contributed by atoms with van der Waals surface area (Å²) in [5.41, 5.74) is 10.00. The zero-order valence-electron chi connectivity index (χ0n) is 15.0. The van der Waals surface area contributed by atoms with E-state index in [4.69, 9.17) is 21.8 Å². The zero-order chi connectivity index (χ0) is 20.4. The van der Waals surface area contributed by atoms with E-state index in [9.17, 15) is 9.59 Å². The second-order valence-electron chi connectivity index (χ2n) is 6.19. The van der Waals surface area contributed by atoms with E-state index in [1.807, 2.05) is 18.2 Å². The number of carbonyl (C=O) groups is 1. The summed E-state index contributed by atoms with van der Waals surface area (Å²) in [4.78, 5) is 31.0. The number of nitrogens with two attached hydrogens (primary N) is 1. The monoisotopic (exact) mass is 429 g/mol. The van der Waals surface area contributed by atoms with Crippen molar-refractivity contribution in [3.63, 3.8) is 0 Å². The van der Waals surface area contributed by atoms with Gasteiger partial charge in [-0.25, -0.2) is 9.99 Å². The molecule has 1 aromatic carbocycles.